The van der Waals surface area contributed by atoms with E-state index >= 15 is 0 Å². The first-order valence-electron chi connectivity index (χ1n) is 4.83. The monoisotopic (exact) mass is 219 g/mol. The fraction of sp³-hybridized carbons (Fsp3) is 0.900. The van der Waals surface area contributed by atoms with E-state index in [-0.39, 0.29) is 12.0 Å². The summed E-state index contributed by atoms with van der Waals surface area (Å²) < 4.78 is 4.70. The molecule has 2 unspecified atom stereocenters. The molecular weight excluding hydrogens is 198 g/mol. The molecule has 0 aliphatic heterocycles. The molecule has 4 heteroatoms. The van der Waals surface area contributed by atoms with Crippen molar-refractivity contribution in [2.75, 3.05) is 26.2 Å². The molecule has 2 atom stereocenters. The number of esters is 1. The fourth-order valence-corrected chi connectivity index (χ4v) is 1.79. The summed E-state index contributed by atoms with van der Waals surface area (Å²) in [4.78, 5) is 13.3. The SMILES string of the molecule is COC(=O)C(C)N(C)C(C)CCSC. The lowest BCUT2D eigenvalue weighted by atomic mass is 10.2. The van der Waals surface area contributed by atoms with Crippen LogP contribution in [0.1, 0.15) is 20.3 Å². The maximum absolute atomic E-state index is 11.3. The van der Waals surface area contributed by atoms with Gasteiger partial charge in [0.05, 0.1) is 7.11 Å². The van der Waals surface area contributed by atoms with Crippen LogP contribution in [-0.2, 0) is 9.53 Å². The van der Waals surface area contributed by atoms with E-state index in [0.717, 1.165) is 12.2 Å². The van der Waals surface area contributed by atoms with Crippen LogP contribution >= 0.6 is 11.8 Å². The Morgan fingerprint density at radius 1 is 1.50 bits per heavy atom. The lowest BCUT2D eigenvalue weighted by Gasteiger charge is -2.28. The lowest BCUT2D eigenvalue weighted by Crippen LogP contribution is -2.42. The molecule has 0 bridgehead atoms. The van der Waals surface area contributed by atoms with E-state index in [4.69, 9.17) is 4.74 Å². The van der Waals surface area contributed by atoms with Crippen LogP contribution < -0.4 is 0 Å². The van der Waals surface area contributed by atoms with Gasteiger partial charge in [-0.05, 0) is 39.3 Å². The Labute approximate surface area is 91.2 Å². The first kappa shape index (κ1) is 13.8. The number of carbonyl (C=O) groups excluding carboxylic acids is 1. The van der Waals surface area contributed by atoms with E-state index in [2.05, 4.69) is 18.1 Å². The van der Waals surface area contributed by atoms with E-state index in [1.807, 2.05) is 25.7 Å². The van der Waals surface area contributed by atoms with Crippen LogP contribution in [-0.4, -0.2) is 49.1 Å². The Balaban J connectivity index is 4.02. The summed E-state index contributed by atoms with van der Waals surface area (Å²) in [5.74, 6) is 0.961. The van der Waals surface area contributed by atoms with E-state index in [1.54, 1.807) is 0 Å². The number of nitrogens with zero attached hydrogens (tertiary/aromatic N) is 1. The zero-order valence-corrected chi connectivity index (χ0v) is 10.6. The van der Waals surface area contributed by atoms with Gasteiger partial charge in [0, 0.05) is 6.04 Å². The fourth-order valence-electron chi connectivity index (χ4n) is 1.21. The van der Waals surface area contributed by atoms with Crippen LogP contribution in [0.4, 0.5) is 0 Å². The quantitative estimate of drug-likeness (QED) is 0.635. The summed E-state index contributed by atoms with van der Waals surface area (Å²) in [5.41, 5.74) is 0. The average Bonchev–Trinajstić information content (AvgIpc) is 2.22. The van der Waals surface area contributed by atoms with E-state index < -0.39 is 0 Å². The molecule has 0 aliphatic carbocycles. The molecule has 0 aromatic heterocycles. The number of rotatable bonds is 6. The highest BCUT2D eigenvalue weighted by atomic mass is 32.2. The minimum atomic E-state index is -0.163. The molecule has 0 fully saturated rings. The Bertz CT molecular complexity index is 176. The molecular formula is C10H21NO2S. The third-order valence-electron chi connectivity index (χ3n) is 2.59. The molecule has 3 nitrogen and oxygen atoms in total. The second kappa shape index (κ2) is 7.12. The second-order valence-corrected chi connectivity index (χ2v) is 4.48. The Morgan fingerprint density at radius 2 is 2.07 bits per heavy atom. The molecule has 0 heterocycles. The summed E-state index contributed by atoms with van der Waals surface area (Å²) in [6.07, 6.45) is 3.19. The summed E-state index contributed by atoms with van der Waals surface area (Å²) in [6, 6.07) is 0.258. The van der Waals surface area contributed by atoms with Crippen molar-refractivity contribution in [3.05, 3.63) is 0 Å². The molecule has 0 N–H and O–H groups in total. The molecule has 0 aromatic rings. The Morgan fingerprint density at radius 3 is 2.50 bits per heavy atom. The van der Waals surface area contributed by atoms with Crippen LogP contribution in [0.15, 0.2) is 0 Å². The molecule has 0 aromatic carbocycles. The summed E-state index contributed by atoms with van der Waals surface area (Å²) in [5, 5.41) is 0. The van der Waals surface area contributed by atoms with E-state index in [1.165, 1.54) is 7.11 Å². The maximum Gasteiger partial charge on any atom is 0.322 e. The molecule has 0 spiro atoms. The maximum atomic E-state index is 11.3. The van der Waals surface area contributed by atoms with Crippen LogP contribution in [0, 0.1) is 0 Å². The molecule has 0 saturated heterocycles. The number of methoxy groups -OCH3 is 1. The molecule has 14 heavy (non-hydrogen) atoms. The van der Waals surface area contributed by atoms with Gasteiger partial charge in [0.2, 0.25) is 0 Å². The van der Waals surface area contributed by atoms with Crippen molar-refractivity contribution in [3.8, 4) is 0 Å². The molecule has 0 saturated carbocycles. The van der Waals surface area contributed by atoms with Gasteiger partial charge in [-0.1, -0.05) is 0 Å². The lowest BCUT2D eigenvalue weighted by molar-refractivity contribution is -0.146. The van der Waals surface area contributed by atoms with Gasteiger partial charge in [-0.15, -0.1) is 0 Å². The van der Waals surface area contributed by atoms with Crippen LogP contribution in [0.25, 0.3) is 0 Å². The molecule has 84 valence electrons. The highest BCUT2D eigenvalue weighted by Crippen LogP contribution is 2.09. The molecule has 0 rings (SSSR count). The van der Waals surface area contributed by atoms with Crippen LogP contribution in [0.5, 0.6) is 0 Å². The predicted molar refractivity (Wildman–Crippen MR) is 61.7 cm³/mol. The number of ether oxygens (including phenoxy) is 1. The average molecular weight is 219 g/mol. The minimum absolute atomic E-state index is 0.156. The van der Waals surface area contributed by atoms with Crippen molar-refractivity contribution in [2.24, 2.45) is 0 Å². The van der Waals surface area contributed by atoms with Gasteiger partial charge in [0.15, 0.2) is 0 Å². The predicted octanol–water partition coefficient (Wildman–Crippen LogP) is 1.62. The van der Waals surface area contributed by atoms with Crippen molar-refractivity contribution in [3.63, 3.8) is 0 Å². The van der Waals surface area contributed by atoms with E-state index in [9.17, 15) is 4.79 Å². The van der Waals surface area contributed by atoms with Crippen LogP contribution in [0.3, 0.4) is 0 Å². The van der Waals surface area contributed by atoms with Crippen molar-refractivity contribution in [2.45, 2.75) is 32.4 Å². The van der Waals surface area contributed by atoms with Gasteiger partial charge in [0.25, 0.3) is 0 Å². The number of hydrogen-bond donors (Lipinski definition) is 0. The normalized spacial score (nSPS) is 15.3. The van der Waals surface area contributed by atoms with Crippen molar-refractivity contribution in [1.29, 1.82) is 0 Å². The van der Waals surface area contributed by atoms with Crippen molar-refractivity contribution >= 4 is 17.7 Å². The van der Waals surface area contributed by atoms with Gasteiger partial charge in [-0.2, -0.15) is 11.8 Å². The summed E-state index contributed by atoms with van der Waals surface area (Å²) in [7, 11) is 3.39. The van der Waals surface area contributed by atoms with E-state index in [0.29, 0.717) is 6.04 Å². The number of likely N-dealkylation sites (N-methyl/N-ethyl adjacent to an activating group) is 1. The second-order valence-electron chi connectivity index (χ2n) is 3.50. The summed E-state index contributed by atoms with van der Waals surface area (Å²) in [6.45, 7) is 4.01. The van der Waals surface area contributed by atoms with Gasteiger partial charge in [0.1, 0.15) is 6.04 Å². The van der Waals surface area contributed by atoms with Gasteiger partial charge in [-0.3, -0.25) is 9.69 Å². The standard InChI is InChI=1S/C10H21NO2S/c1-8(6-7-14-5)11(3)9(2)10(12)13-4/h8-9H,6-7H2,1-5H3. The van der Waals surface area contributed by atoms with Crippen LogP contribution in [0.2, 0.25) is 0 Å². The Hall–Kier alpha value is -0.220. The number of hydrogen-bond acceptors (Lipinski definition) is 4. The largest absolute Gasteiger partial charge is 0.468 e. The minimum Gasteiger partial charge on any atom is -0.468 e. The number of carbonyl (C=O) groups is 1. The molecule has 0 aliphatic rings. The summed E-state index contributed by atoms with van der Waals surface area (Å²) >= 11 is 1.83. The van der Waals surface area contributed by atoms with Gasteiger partial charge in [-0.25, -0.2) is 0 Å². The molecule has 0 radical (unpaired) electrons. The first-order valence-corrected chi connectivity index (χ1v) is 6.22. The highest BCUT2D eigenvalue weighted by molar-refractivity contribution is 7.98. The topological polar surface area (TPSA) is 29.5 Å². The smallest absolute Gasteiger partial charge is 0.322 e. The first-order chi connectivity index (χ1) is 6.54. The highest BCUT2D eigenvalue weighted by Gasteiger charge is 2.22. The van der Waals surface area contributed by atoms with Crippen molar-refractivity contribution in [1.82, 2.24) is 4.90 Å². The molecule has 0 amide bonds. The van der Waals surface area contributed by atoms with Crippen molar-refractivity contribution < 1.29 is 9.53 Å². The van der Waals surface area contributed by atoms with Gasteiger partial charge < -0.3 is 4.74 Å². The zero-order valence-electron chi connectivity index (χ0n) is 9.74. The third-order valence-corrected chi connectivity index (χ3v) is 3.23. The third kappa shape index (κ3) is 4.33. The zero-order chi connectivity index (χ0) is 11.1. The van der Waals surface area contributed by atoms with Gasteiger partial charge >= 0.3 is 5.97 Å². The Kier molecular flexibility index (Phi) is 7.01. The number of thioether (sulfide) groups is 1.